The quantitative estimate of drug-likeness (QED) is 0.561. The normalized spacial score (nSPS) is 36.5. The Labute approximate surface area is 209 Å². The molecule has 0 aromatic heterocycles. The second kappa shape index (κ2) is 8.58. The van der Waals surface area contributed by atoms with E-state index in [0.717, 1.165) is 32.1 Å². The molecule has 2 fully saturated rings. The molecule has 1 aromatic carbocycles. The summed E-state index contributed by atoms with van der Waals surface area (Å²) in [7, 11) is 3.55. The van der Waals surface area contributed by atoms with Crippen molar-refractivity contribution in [3.63, 3.8) is 0 Å². The molecule has 35 heavy (non-hydrogen) atoms. The highest BCUT2D eigenvalue weighted by molar-refractivity contribution is 5.94. The van der Waals surface area contributed by atoms with Crippen LogP contribution in [0.4, 0.5) is 0 Å². The predicted molar refractivity (Wildman–Crippen MR) is 139 cm³/mol. The Kier molecular flexibility index (Phi) is 5.95. The van der Waals surface area contributed by atoms with Crippen LogP contribution in [0.3, 0.4) is 0 Å². The number of hydrogen-bond acceptors (Lipinski definition) is 3. The largest absolute Gasteiger partial charge is 0.385 e. The van der Waals surface area contributed by atoms with Gasteiger partial charge < -0.3 is 10.0 Å². The number of benzene rings is 1. The molecule has 2 saturated carbocycles. The minimum atomic E-state index is -0.833. The molecule has 0 radical (unpaired) electrons. The Morgan fingerprint density at radius 3 is 2.51 bits per heavy atom. The van der Waals surface area contributed by atoms with E-state index < -0.39 is 5.60 Å². The highest BCUT2D eigenvalue weighted by atomic mass is 16.3. The summed E-state index contributed by atoms with van der Waals surface area (Å²) < 4.78 is 0. The lowest BCUT2D eigenvalue weighted by molar-refractivity contribution is -0.114. The van der Waals surface area contributed by atoms with Gasteiger partial charge in [-0.1, -0.05) is 43.7 Å². The lowest BCUT2D eigenvalue weighted by Gasteiger charge is -2.54. The van der Waals surface area contributed by atoms with Crippen molar-refractivity contribution in [3.05, 3.63) is 70.3 Å². The topological polar surface area (TPSA) is 57.6 Å². The van der Waals surface area contributed by atoms with Gasteiger partial charge in [0.1, 0.15) is 0 Å². The average Bonchev–Trinajstić information content (AvgIpc) is 3.03. The van der Waals surface area contributed by atoms with Gasteiger partial charge in [0.15, 0.2) is 5.78 Å². The molecule has 1 aromatic rings. The third-order valence-electron chi connectivity index (χ3n) is 9.79. The molecule has 6 atom stereocenters. The monoisotopic (exact) mass is 473 g/mol. The lowest BCUT2D eigenvalue weighted by Crippen LogP contribution is -2.52. The van der Waals surface area contributed by atoms with E-state index in [1.807, 2.05) is 31.2 Å². The maximum Gasteiger partial charge on any atom is 0.253 e. The number of allylic oxidation sites excluding steroid dienone is 5. The van der Waals surface area contributed by atoms with Crippen molar-refractivity contribution in [1.29, 1.82) is 0 Å². The summed E-state index contributed by atoms with van der Waals surface area (Å²) in [5.41, 5.74) is 5.02. The van der Waals surface area contributed by atoms with Crippen LogP contribution in [0.15, 0.2) is 59.2 Å². The third kappa shape index (κ3) is 3.59. The van der Waals surface area contributed by atoms with Crippen molar-refractivity contribution >= 4 is 11.7 Å². The van der Waals surface area contributed by atoms with Crippen molar-refractivity contribution in [2.24, 2.45) is 23.2 Å². The summed E-state index contributed by atoms with van der Waals surface area (Å²) in [6.45, 7) is 6.53. The zero-order valence-electron chi connectivity index (χ0n) is 21.8. The number of rotatable bonds is 3. The van der Waals surface area contributed by atoms with Gasteiger partial charge in [-0.25, -0.2) is 0 Å². The lowest BCUT2D eigenvalue weighted by atomic mass is 9.51. The molecule has 0 spiro atoms. The minimum absolute atomic E-state index is 0.00730. The van der Waals surface area contributed by atoms with Crippen LogP contribution in [0.2, 0.25) is 0 Å². The number of nitrogens with zero attached hydrogens (tertiary/aromatic N) is 1. The van der Waals surface area contributed by atoms with E-state index in [1.165, 1.54) is 22.3 Å². The molecule has 4 nitrogen and oxygen atoms in total. The molecule has 0 saturated heterocycles. The highest BCUT2D eigenvalue weighted by Gasteiger charge is 2.64. The molecule has 0 unspecified atom stereocenters. The zero-order valence-corrected chi connectivity index (χ0v) is 21.8. The number of ketones is 1. The molecule has 4 aliphatic rings. The molecule has 0 aliphatic heterocycles. The number of carbonyl (C=O) groups excluding carboxylic acids is 2. The zero-order chi connectivity index (χ0) is 25.1. The first kappa shape index (κ1) is 24.2. The van der Waals surface area contributed by atoms with Gasteiger partial charge in [-0.05, 0) is 91.7 Å². The van der Waals surface area contributed by atoms with Crippen LogP contribution in [0.1, 0.15) is 81.1 Å². The van der Waals surface area contributed by atoms with E-state index in [2.05, 4.69) is 32.1 Å². The van der Waals surface area contributed by atoms with Gasteiger partial charge in [0.2, 0.25) is 0 Å². The number of fused-ring (bicyclic) bond motifs is 4. The van der Waals surface area contributed by atoms with Gasteiger partial charge in [0, 0.05) is 37.4 Å². The summed E-state index contributed by atoms with van der Waals surface area (Å²) in [5.74, 6) is 1.48. The molecule has 1 amide bonds. The van der Waals surface area contributed by atoms with E-state index in [1.54, 1.807) is 19.0 Å². The number of amides is 1. The SMILES string of the molecule is CC=C[C@]1(O)[C@H](C)C[C@H]2[C@@H]3CCC4=CC(=O)CCC4=C3[C@@H](c3ccc(C(=O)N(C)C)cc3)C[C@@]21C. The maximum absolute atomic E-state index is 12.5. The Balaban J connectivity index is 1.66. The van der Waals surface area contributed by atoms with Gasteiger partial charge in [-0.3, -0.25) is 9.59 Å². The first-order valence-electron chi connectivity index (χ1n) is 13.2. The fourth-order valence-electron chi connectivity index (χ4n) is 8.05. The second-order valence-electron chi connectivity index (χ2n) is 11.8. The Morgan fingerprint density at radius 2 is 1.86 bits per heavy atom. The molecule has 1 N–H and O–H groups in total. The number of carbonyl (C=O) groups is 2. The fourth-order valence-corrected chi connectivity index (χ4v) is 8.05. The van der Waals surface area contributed by atoms with Gasteiger partial charge >= 0.3 is 0 Å². The van der Waals surface area contributed by atoms with E-state index in [4.69, 9.17) is 0 Å². The van der Waals surface area contributed by atoms with Crippen LogP contribution in [-0.2, 0) is 4.79 Å². The maximum atomic E-state index is 12.5. The fraction of sp³-hybridized carbons (Fsp3) is 0.548. The smallest absolute Gasteiger partial charge is 0.253 e. The molecule has 5 rings (SSSR count). The summed E-state index contributed by atoms with van der Waals surface area (Å²) >= 11 is 0. The van der Waals surface area contributed by atoms with Crippen molar-refractivity contribution in [3.8, 4) is 0 Å². The van der Waals surface area contributed by atoms with Crippen molar-refractivity contribution in [1.82, 2.24) is 4.90 Å². The Bertz CT molecular complexity index is 1140. The van der Waals surface area contributed by atoms with Crippen LogP contribution in [0.5, 0.6) is 0 Å². The molecule has 0 heterocycles. The molecular weight excluding hydrogens is 434 g/mol. The van der Waals surface area contributed by atoms with Gasteiger partial charge in [-0.15, -0.1) is 0 Å². The summed E-state index contributed by atoms with van der Waals surface area (Å²) in [6.07, 6.45) is 11.3. The molecule has 4 aliphatic carbocycles. The van der Waals surface area contributed by atoms with Crippen LogP contribution < -0.4 is 0 Å². The highest BCUT2D eigenvalue weighted by Crippen LogP contribution is 2.68. The van der Waals surface area contributed by atoms with Crippen molar-refractivity contribution < 1.29 is 14.7 Å². The second-order valence-corrected chi connectivity index (χ2v) is 11.8. The first-order valence-corrected chi connectivity index (χ1v) is 13.2. The van der Waals surface area contributed by atoms with Crippen LogP contribution in [0, 0.1) is 23.2 Å². The summed E-state index contributed by atoms with van der Waals surface area (Å²) in [4.78, 5) is 26.4. The molecule has 4 heteroatoms. The van der Waals surface area contributed by atoms with Crippen LogP contribution >= 0.6 is 0 Å². The number of aliphatic hydroxyl groups is 1. The van der Waals surface area contributed by atoms with Crippen LogP contribution in [-0.4, -0.2) is 41.4 Å². The van der Waals surface area contributed by atoms with Gasteiger partial charge in [0.25, 0.3) is 5.91 Å². The van der Waals surface area contributed by atoms with Gasteiger partial charge in [-0.2, -0.15) is 0 Å². The minimum Gasteiger partial charge on any atom is -0.385 e. The standard InChI is InChI=1S/C31H39NO3/c1-6-15-31(35)19(2)16-27-25-13-11-22-17-23(33)12-14-24(22)28(25)26(18-30(27,31)3)20-7-9-21(10-8-20)29(34)32(4)5/h6-10,15,17,19,25-27,35H,11-14,16,18H2,1-5H3/t19-,25+,26-,27+,30+,31+/m1/s1. The van der Waals surface area contributed by atoms with Gasteiger partial charge in [0.05, 0.1) is 5.60 Å². The summed E-state index contributed by atoms with van der Waals surface area (Å²) in [5, 5.41) is 12.1. The predicted octanol–water partition coefficient (Wildman–Crippen LogP) is 5.84. The Hall–Kier alpha value is -2.46. The average molecular weight is 474 g/mol. The molecule has 186 valence electrons. The van der Waals surface area contributed by atoms with E-state index >= 15 is 0 Å². The Morgan fingerprint density at radius 1 is 1.14 bits per heavy atom. The van der Waals surface area contributed by atoms with E-state index in [0.29, 0.717) is 23.8 Å². The summed E-state index contributed by atoms with van der Waals surface area (Å²) in [6, 6.07) is 8.14. The molecule has 0 bridgehead atoms. The third-order valence-corrected chi connectivity index (χ3v) is 9.79. The van der Waals surface area contributed by atoms with Crippen molar-refractivity contribution in [2.75, 3.05) is 14.1 Å². The van der Waals surface area contributed by atoms with Crippen molar-refractivity contribution in [2.45, 2.75) is 70.8 Å². The van der Waals surface area contributed by atoms with Crippen LogP contribution in [0.25, 0.3) is 0 Å². The van der Waals surface area contributed by atoms with E-state index in [9.17, 15) is 14.7 Å². The van der Waals surface area contributed by atoms with E-state index in [-0.39, 0.29) is 28.9 Å². The first-order chi connectivity index (χ1) is 16.6. The number of hydrogen-bond donors (Lipinski definition) is 1. The molecular formula is C31H39NO3.